The van der Waals surface area contributed by atoms with Gasteiger partial charge in [-0.1, -0.05) is 6.07 Å². The average Bonchev–Trinajstić information content (AvgIpc) is 2.53. The zero-order valence-corrected chi connectivity index (χ0v) is 13.6. The number of primary sulfonamides is 1. The number of hydrogen-bond donors (Lipinski definition) is 3. The van der Waals surface area contributed by atoms with Crippen molar-refractivity contribution < 1.29 is 28.0 Å². The summed E-state index contributed by atoms with van der Waals surface area (Å²) >= 11 is 0. The van der Waals surface area contributed by atoms with Crippen LogP contribution in [0.1, 0.15) is 10.4 Å². The van der Waals surface area contributed by atoms with Crippen molar-refractivity contribution in [1.82, 2.24) is 0 Å². The van der Waals surface area contributed by atoms with Gasteiger partial charge in [0, 0.05) is 17.8 Å². The van der Waals surface area contributed by atoms with Crippen LogP contribution in [-0.4, -0.2) is 31.5 Å². The first-order chi connectivity index (χ1) is 11.6. The van der Waals surface area contributed by atoms with Crippen LogP contribution in [0.25, 0.3) is 0 Å². The van der Waals surface area contributed by atoms with Crippen molar-refractivity contribution in [1.29, 1.82) is 0 Å². The maximum Gasteiger partial charge on any atom is 0.335 e. The number of hydrogen-bond acceptors (Lipinski definition) is 7. The van der Waals surface area contributed by atoms with E-state index in [2.05, 4.69) is 5.32 Å². The van der Waals surface area contributed by atoms with E-state index in [9.17, 15) is 23.3 Å². The highest BCUT2D eigenvalue weighted by molar-refractivity contribution is 7.89. The first kappa shape index (κ1) is 18.2. The molecule has 0 aliphatic heterocycles. The summed E-state index contributed by atoms with van der Waals surface area (Å²) in [7, 11) is -3.03. The molecule has 11 heteroatoms. The van der Waals surface area contributed by atoms with E-state index < -0.39 is 42.7 Å². The van der Waals surface area contributed by atoms with Crippen molar-refractivity contribution in [3.63, 3.8) is 0 Å². The number of rotatable bonds is 6. The number of aromatic carboxylic acids is 1. The van der Waals surface area contributed by atoms with Crippen LogP contribution in [0.15, 0.2) is 41.3 Å². The lowest BCUT2D eigenvalue weighted by Gasteiger charge is -2.13. The molecule has 132 valence electrons. The van der Waals surface area contributed by atoms with Gasteiger partial charge < -0.3 is 15.2 Å². The molecule has 0 heterocycles. The van der Waals surface area contributed by atoms with E-state index in [-0.39, 0.29) is 5.69 Å². The molecular weight excluding hydrogens is 354 g/mol. The molecule has 2 aromatic carbocycles. The third kappa shape index (κ3) is 4.02. The number of carboxylic acids is 1. The molecule has 2 aromatic rings. The Morgan fingerprint density at radius 1 is 1.32 bits per heavy atom. The van der Waals surface area contributed by atoms with Crippen molar-refractivity contribution in [3.05, 3.63) is 52.1 Å². The highest BCUT2D eigenvalue weighted by atomic mass is 32.2. The molecule has 0 spiro atoms. The van der Waals surface area contributed by atoms with Crippen LogP contribution in [0.5, 0.6) is 5.75 Å². The molecule has 0 amide bonds. The fourth-order valence-electron chi connectivity index (χ4n) is 2.06. The molecule has 0 radical (unpaired) electrons. The minimum Gasteiger partial charge on any atom is -0.497 e. The summed E-state index contributed by atoms with van der Waals surface area (Å²) in [5, 5.41) is 28.0. The number of nitro benzene ring substituents is 1. The van der Waals surface area contributed by atoms with Crippen LogP contribution in [0, 0.1) is 10.1 Å². The zero-order chi connectivity index (χ0) is 18.8. The Morgan fingerprint density at radius 3 is 2.52 bits per heavy atom. The second-order valence-corrected chi connectivity index (χ2v) is 6.36. The van der Waals surface area contributed by atoms with Gasteiger partial charge in [0.25, 0.3) is 5.69 Å². The summed E-state index contributed by atoms with van der Waals surface area (Å²) in [6.45, 7) is 0. The molecular formula is C14H13N3O7S. The fourth-order valence-corrected chi connectivity index (χ4v) is 2.79. The van der Waals surface area contributed by atoms with Crippen molar-refractivity contribution in [2.75, 3.05) is 12.4 Å². The van der Waals surface area contributed by atoms with E-state index in [4.69, 9.17) is 15.0 Å². The summed E-state index contributed by atoms with van der Waals surface area (Å²) in [6, 6.07) is 7.70. The molecule has 0 aliphatic carbocycles. The van der Waals surface area contributed by atoms with Gasteiger partial charge in [-0.25, -0.2) is 18.4 Å². The van der Waals surface area contributed by atoms with Gasteiger partial charge in [-0.3, -0.25) is 10.1 Å². The monoisotopic (exact) mass is 367 g/mol. The Balaban J connectivity index is 2.72. The number of methoxy groups -OCH3 is 1. The lowest BCUT2D eigenvalue weighted by atomic mass is 10.1. The van der Waals surface area contributed by atoms with Gasteiger partial charge in [0.05, 0.1) is 17.6 Å². The minimum atomic E-state index is -4.44. The second kappa shape index (κ2) is 6.75. The quantitative estimate of drug-likeness (QED) is 0.513. The summed E-state index contributed by atoms with van der Waals surface area (Å²) in [5.41, 5.74) is -1.47. The van der Waals surface area contributed by atoms with Gasteiger partial charge in [0.1, 0.15) is 16.3 Å². The van der Waals surface area contributed by atoms with E-state index in [1.54, 1.807) is 12.1 Å². The highest BCUT2D eigenvalue weighted by Crippen LogP contribution is 2.35. The molecule has 0 saturated heterocycles. The van der Waals surface area contributed by atoms with E-state index in [1.165, 1.54) is 19.2 Å². The van der Waals surface area contributed by atoms with E-state index in [1.807, 2.05) is 0 Å². The van der Waals surface area contributed by atoms with Crippen molar-refractivity contribution >= 4 is 33.1 Å². The lowest BCUT2D eigenvalue weighted by molar-refractivity contribution is -0.384. The highest BCUT2D eigenvalue weighted by Gasteiger charge is 2.27. The second-order valence-electron chi connectivity index (χ2n) is 4.83. The Bertz CT molecular complexity index is 957. The van der Waals surface area contributed by atoms with Gasteiger partial charge in [-0.2, -0.15) is 0 Å². The van der Waals surface area contributed by atoms with Gasteiger partial charge in [0.2, 0.25) is 10.0 Å². The van der Waals surface area contributed by atoms with Crippen molar-refractivity contribution in [3.8, 4) is 5.75 Å². The molecule has 4 N–H and O–H groups in total. The molecule has 0 aliphatic rings. The molecule has 0 bridgehead atoms. The van der Waals surface area contributed by atoms with E-state index >= 15 is 0 Å². The normalized spacial score (nSPS) is 11.0. The molecule has 0 fully saturated rings. The van der Waals surface area contributed by atoms with Crippen LogP contribution >= 0.6 is 0 Å². The number of sulfonamides is 1. The van der Waals surface area contributed by atoms with Gasteiger partial charge in [0.15, 0.2) is 0 Å². The summed E-state index contributed by atoms with van der Waals surface area (Å²) in [5.74, 6) is -1.10. The van der Waals surface area contributed by atoms with E-state index in [0.29, 0.717) is 5.75 Å². The molecule has 2 rings (SSSR count). The van der Waals surface area contributed by atoms with Crippen LogP contribution in [0.3, 0.4) is 0 Å². The molecule has 0 unspecified atom stereocenters. The maximum absolute atomic E-state index is 11.8. The predicted octanol–water partition coefficient (Wildman–Crippen LogP) is 1.69. The number of anilines is 2. The molecule has 0 saturated carbocycles. The third-order valence-electron chi connectivity index (χ3n) is 3.17. The zero-order valence-electron chi connectivity index (χ0n) is 12.8. The lowest BCUT2D eigenvalue weighted by Crippen LogP contribution is -2.16. The van der Waals surface area contributed by atoms with Crippen molar-refractivity contribution in [2.24, 2.45) is 5.14 Å². The summed E-state index contributed by atoms with van der Waals surface area (Å²) < 4.78 is 28.7. The smallest absolute Gasteiger partial charge is 0.335 e. The Kier molecular flexibility index (Phi) is 4.90. The number of ether oxygens (including phenoxy) is 1. The van der Waals surface area contributed by atoms with Gasteiger partial charge in [-0.05, 0) is 18.2 Å². The molecule has 10 nitrogen and oxygen atoms in total. The SMILES string of the molecule is COc1cccc(Nc2c([N+](=O)[O-])cc(C(=O)O)cc2S(N)(=O)=O)c1. The summed E-state index contributed by atoms with van der Waals surface area (Å²) in [4.78, 5) is 20.8. The number of nitrogens with one attached hydrogen (secondary N) is 1. The summed E-state index contributed by atoms with van der Waals surface area (Å²) in [6.07, 6.45) is 0. The van der Waals surface area contributed by atoms with E-state index in [0.717, 1.165) is 12.1 Å². The fraction of sp³-hybridized carbons (Fsp3) is 0.0714. The van der Waals surface area contributed by atoms with Crippen LogP contribution in [0.4, 0.5) is 17.1 Å². The number of nitro groups is 1. The predicted molar refractivity (Wildman–Crippen MR) is 87.7 cm³/mol. The minimum absolute atomic E-state index is 0.287. The topological polar surface area (TPSA) is 162 Å². The van der Waals surface area contributed by atoms with Crippen LogP contribution < -0.4 is 15.2 Å². The standard InChI is InChI=1S/C14H13N3O7S/c1-24-10-4-2-3-9(7-10)16-13-11(17(20)21)5-8(14(18)19)6-12(13)25(15,22)23/h2-7,16H,1H3,(H,18,19)(H2,15,22,23). The van der Waals surface area contributed by atoms with Gasteiger partial charge >= 0.3 is 5.97 Å². The van der Waals surface area contributed by atoms with Crippen molar-refractivity contribution in [2.45, 2.75) is 4.90 Å². The first-order valence-corrected chi connectivity index (χ1v) is 8.17. The number of benzene rings is 2. The Labute approximate surface area is 142 Å². The van der Waals surface area contributed by atoms with Crippen LogP contribution in [0.2, 0.25) is 0 Å². The molecule has 0 aromatic heterocycles. The Hall–Kier alpha value is -3.18. The first-order valence-electron chi connectivity index (χ1n) is 6.63. The number of nitrogens with zero attached hydrogens (tertiary/aromatic N) is 1. The van der Waals surface area contributed by atoms with Crippen LogP contribution in [-0.2, 0) is 10.0 Å². The largest absolute Gasteiger partial charge is 0.497 e. The number of nitrogens with two attached hydrogens (primary N) is 1. The average molecular weight is 367 g/mol. The number of carbonyl (C=O) groups is 1. The molecule has 25 heavy (non-hydrogen) atoms. The molecule has 0 atom stereocenters. The Morgan fingerprint density at radius 2 is 2.00 bits per heavy atom. The van der Waals surface area contributed by atoms with Gasteiger partial charge in [-0.15, -0.1) is 0 Å². The maximum atomic E-state index is 11.8. The number of carboxylic acid groups (broad SMARTS) is 1. The third-order valence-corrected chi connectivity index (χ3v) is 4.11.